The van der Waals surface area contributed by atoms with Gasteiger partial charge in [0.05, 0.1) is 16.3 Å². The number of benzene rings is 1. The molecule has 0 aromatic heterocycles. The first-order valence-electron chi connectivity index (χ1n) is 5.24. The molecule has 90 valence electrons. The molecule has 0 aliphatic rings. The zero-order valence-corrected chi connectivity index (χ0v) is 12.1. The summed E-state index contributed by atoms with van der Waals surface area (Å²) >= 11 is 9.42. The van der Waals surface area contributed by atoms with Gasteiger partial charge < -0.3 is 10.4 Å². The van der Waals surface area contributed by atoms with Gasteiger partial charge in [-0.05, 0) is 31.0 Å². The van der Waals surface area contributed by atoms with Gasteiger partial charge in [0.15, 0.2) is 0 Å². The SMILES string of the molecule is CC(C)C(C)(O)CNc1cc(Br)ccc1Cl. The molecule has 4 heteroatoms. The molecule has 1 atom stereocenters. The highest BCUT2D eigenvalue weighted by atomic mass is 79.9. The Kier molecular flexibility index (Phi) is 4.65. The maximum atomic E-state index is 10.1. The van der Waals surface area contributed by atoms with Crippen LogP contribution < -0.4 is 5.32 Å². The fourth-order valence-electron chi connectivity index (χ4n) is 1.11. The van der Waals surface area contributed by atoms with Gasteiger partial charge in [-0.3, -0.25) is 0 Å². The Morgan fingerprint density at radius 2 is 2.12 bits per heavy atom. The van der Waals surface area contributed by atoms with Gasteiger partial charge in [-0.1, -0.05) is 41.4 Å². The average molecular weight is 307 g/mol. The van der Waals surface area contributed by atoms with Crippen LogP contribution in [0.4, 0.5) is 5.69 Å². The minimum absolute atomic E-state index is 0.186. The Morgan fingerprint density at radius 1 is 1.50 bits per heavy atom. The molecule has 0 fully saturated rings. The van der Waals surface area contributed by atoms with E-state index in [4.69, 9.17) is 11.6 Å². The second kappa shape index (κ2) is 5.39. The van der Waals surface area contributed by atoms with Crippen molar-refractivity contribution in [2.45, 2.75) is 26.4 Å². The quantitative estimate of drug-likeness (QED) is 0.883. The first-order valence-corrected chi connectivity index (χ1v) is 6.41. The Labute approximate surface area is 110 Å². The summed E-state index contributed by atoms with van der Waals surface area (Å²) in [5.74, 6) is 0.186. The number of anilines is 1. The van der Waals surface area contributed by atoms with Crippen LogP contribution in [-0.2, 0) is 0 Å². The van der Waals surface area contributed by atoms with Crippen molar-refractivity contribution in [1.29, 1.82) is 0 Å². The fourth-order valence-corrected chi connectivity index (χ4v) is 1.66. The Morgan fingerprint density at radius 3 is 2.69 bits per heavy atom. The molecule has 0 aliphatic carbocycles. The van der Waals surface area contributed by atoms with E-state index in [0.29, 0.717) is 11.6 Å². The second-order valence-corrected chi connectivity index (χ2v) is 5.81. The topological polar surface area (TPSA) is 32.3 Å². The predicted octanol–water partition coefficient (Wildman–Crippen LogP) is 3.92. The molecule has 0 heterocycles. The smallest absolute Gasteiger partial charge is 0.0813 e. The third-order valence-corrected chi connectivity index (χ3v) is 3.63. The van der Waals surface area contributed by atoms with E-state index in [0.717, 1.165) is 10.2 Å². The second-order valence-electron chi connectivity index (χ2n) is 4.49. The van der Waals surface area contributed by atoms with Crippen LogP contribution in [0.5, 0.6) is 0 Å². The molecular weight excluding hydrogens is 289 g/mol. The minimum Gasteiger partial charge on any atom is -0.388 e. The average Bonchev–Trinajstić information content (AvgIpc) is 2.19. The number of hydrogen-bond donors (Lipinski definition) is 2. The highest BCUT2D eigenvalue weighted by Gasteiger charge is 2.24. The van der Waals surface area contributed by atoms with Crippen LogP contribution in [0.2, 0.25) is 5.02 Å². The molecule has 2 N–H and O–H groups in total. The van der Waals surface area contributed by atoms with Gasteiger partial charge in [0.2, 0.25) is 0 Å². The maximum absolute atomic E-state index is 10.1. The van der Waals surface area contributed by atoms with E-state index in [2.05, 4.69) is 21.2 Å². The van der Waals surface area contributed by atoms with Crippen LogP contribution in [0, 0.1) is 5.92 Å². The molecule has 1 aromatic rings. The molecule has 1 aromatic carbocycles. The van der Waals surface area contributed by atoms with E-state index < -0.39 is 5.60 Å². The van der Waals surface area contributed by atoms with Gasteiger partial charge in [0.25, 0.3) is 0 Å². The van der Waals surface area contributed by atoms with Crippen molar-refractivity contribution in [3.63, 3.8) is 0 Å². The first kappa shape index (κ1) is 13.8. The monoisotopic (exact) mass is 305 g/mol. The van der Waals surface area contributed by atoms with Crippen LogP contribution in [-0.4, -0.2) is 17.3 Å². The van der Waals surface area contributed by atoms with E-state index in [9.17, 15) is 5.11 Å². The highest BCUT2D eigenvalue weighted by molar-refractivity contribution is 9.10. The molecule has 0 saturated carbocycles. The number of halogens is 2. The third kappa shape index (κ3) is 3.65. The van der Waals surface area contributed by atoms with E-state index in [1.165, 1.54) is 0 Å². The third-order valence-electron chi connectivity index (χ3n) is 2.81. The number of nitrogens with one attached hydrogen (secondary N) is 1. The van der Waals surface area contributed by atoms with Crippen molar-refractivity contribution >= 4 is 33.2 Å². The lowest BCUT2D eigenvalue weighted by Gasteiger charge is -2.28. The lowest BCUT2D eigenvalue weighted by Crippen LogP contribution is -2.38. The van der Waals surface area contributed by atoms with Crippen molar-refractivity contribution in [2.75, 3.05) is 11.9 Å². The Balaban J connectivity index is 2.71. The van der Waals surface area contributed by atoms with Crippen molar-refractivity contribution < 1.29 is 5.11 Å². The summed E-state index contributed by atoms with van der Waals surface area (Å²) in [5.41, 5.74) is 0.0861. The van der Waals surface area contributed by atoms with E-state index in [-0.39, 0.29) is 5.92 Å². The molecule has 0 aliphatic heterocycles. The van der Waals surface area contributed by atoms with Gasteiger partial charge in [0.1, 0.15) is 0 Å². The summed E-state index contributed by atoms with van der Waals surface area (Å²) in [6, 6.07) is 5.60. The molecule has 1 rings (SSSR count). The van der Waals surface area contributed by atoms with Gasteiger partial charge in [0, 0.05) is 11.0 Å². The Hall–Kier alpha value is -0.250. The van der Waals surface area contributed by atoms with E-state index in [1.54, 1.807) is 0 Å². The molecule has 2 nitrogen and oxygen atoms in total. The van der Waals surface area contributed by atoms with Gasteiger partial charge in [-0.25, -0.2) is 0 Å². The molecule has 0 radical (unpaired) electrons. The summed E-state index contributed by atoms with van der Waals surface area (Å²) < 4.78 is 0.962. The molecule has 0 amide bonds. The maximum Gasteiger partial charge on any atom is 0.0813 e. The van der Waals surface area contributed by atoms with Crippen molar-refractivity contribution in [1.82, 2.24) is 0 Å². The zero-order valence-electron chi connectivity index (χ0n) is 9.72. The molecule has 16 heavy (non-hydrogen) atoms. The summed E-state index contributed by atoms with van der Waals surface area (Å²) in [6.07, 6.45) is 0. The number of aliphatic hydroxyl groups is 1. The fraction of sp³-hybridized carbons (Fsp3) is 0.500. The van der Waals surface area contributed by atoms with Crippen LogP contribution in [0.15, 0.2) is 22.7 Å². The molecular formula is C12H17BrClNO. The van der Waals surface area contributed by atoms with Crippen LogP contribution in [0.25, 0.3) is 0 Å². The molecule has 0 spiro atoms. The summed E-state index contributed by atoms with van der Waals surface area (Å²) in [6.45, 7) is 6.27. The molecule has 0 bridgehead atoms. The molecule has 0 saturated heterocycles. The summed E-state index contributed by atoms with van der Waals surface area (Å²) in [5, 5.41) is 13.9. The van der Waals surface area contributed by atoms with Crippen molar-refractivity contribution in [2.24, 2.45) is 5.92 Å². The lowest BCUT2D eigenvalue weighted by atomic mass is 9.92. The zero-order chi connectivity index (χ0) is 12.3. The van der Waals surface area contributed by atoms with Crippen LogP contribution in [0.1, 0.15) is 20.8 Å². The molecule has 1 unspecified atom stereocenters. The Bertz CT molecular complexity index is 366. The minimum atomic E-state index is -0.744. The van der Waals surface area contributed by atoms with Gasteiger partial charge in [-0.15, -0.1) is 0 Å². The van der Waals surface area contributed by atoms with Crippen LogP contribution in [0.3, 0.4) is 0 Å². The number of rotatable bonds is 4. The standard InChI is InChI=1S/C12H17BrClNO/c1-8(2)12(3,16)7-15-11-6-9(13)4-5-10(11)14/h4-6,8,15-16H,7H2,1-3H3. The number of hydrogen-bond acceptors (Lipinski definition) is 2. The van der Waals surface area contributed by atoms with Crippen molar-refractivity contribution in [3.8, 4) is 0 Å². The first-order chi connectivity index (χ1) is 7.33. The normalized spacial score (nSPS) is 14.9. The van der Waals surface area contributed by atoms with Gasteiger partial charge >= 0.3 is 0 Å². The lowest BCUT2D eigenvalue weighted by molar-refractivity contribution is 0.0266. The predicted molar refractivity (Wildman–Crippen MR) is 73.1 cm³/mol. The van der Waals surface area contributed by atoms with Crippen LogP contribution >= 0.6 is 27.5 Å². The van der Waals surface area contributed by atoms with Gasteiger partial charge in [-0.2, -0.15) is 0 Å². The summed E-state index contributed by atoms with van der Waals surface area (Å²) in [7, 11) is 0. The van der Waals surface area contributed by atoms with E-state index in [1.807, 2.05) is 39.0 Å². The summed E-state index contributed by atoms with van der Waals surface area (Å²) in [4.78, 5) is 0. The van der Waals surface area contributed by atoms with E-state index >= 15 is 0 Å². The highest BCUT2D eigenvalue weighted by Crippen LogP contribution is 2.27. The largest absolute Gasteiger partial charge is 0.388 e. The van der Waals surface area contributed by atoms with Crippen molar-refractivity contribution in [3.05, 3.63) is 27.7 Å².